The van der Waals surface area contributed by atoms with E-state index in [4.69, 9.17) is 9.72 Å². The van der Waals surface area contributed by atoms with Crippen LogP contribution in [0.1, 0.15) is 58.2 Å². The molecule has 0 bridgehead atoms. The number of anilines is 2. The van der Waals surface area contributed by atoms with Gasteiger partial charge in [-0.05, 0) is 51.1 Å². The third-order valence-corrected chi connectivity index (χ3v) is 7.37. The summed E-state index contributed by atoms with van der Waals surface area (Å²) in [7, 11) is 0. The summed E-state index contributed by atoms with van der Waals surface area (Å²) >= 11 is 1.34. The van der Waals surface area contributed by atoms with Crippen LogP contribution in [-0.4, -0.2) is 41.2 Å². The van der Waals surface area contributed by atoms with Crippen molar-refractivity contribution in [3.8, 4) is 5.75 Å². The Morgan fingerprint density at radius 1 is 1.19 bits per heavy atom. The molecule has 4 rings (SSSR count). The summed E-state index contributed by atoms with van der Waals surface area (Å²) in [5, 5.41) is 9.43. The van der Waals surface area contributed by atoms with Gasteiger partial charge in [-0.15, -0.1) is 0 Å². The lowest BCUT2D eigenvalue weighted by Gasteiger charge is -2.24. The van der Waals surface area contributed by atoms with Crippen LogP contribution in [0, 0.1) is 12.7 Å². The van der Waals surface area contributed by atoms with Crippen molar-refractivity contribution >= 4 is 45.0 Å². The molecule has 1 aliphatic heterocycles. The number of benzene rings is 2. The molecular weight excluding hydrogens is 582 g/mol. The fourth-order valence-electron chi connectivity index (χ4n) is 4.52. The van der Waals surface area contributed by atoms with Gasteiger partial charge in [0.25, 0.3) is 0 Å². The molecule has 1 fully saturated rings. The van der Waals surface area contributed by atoms with Crippen LogP contribution in [0.3, 0.4) is 0 Å². The third-order valence-electron chi connectivity index (χ3n) is 6.33. The molecule has 0 saturated carbocycles. The zero-order valence-electron chi connectivity index (χ0n) is 24.9. The first-order valence-electron chi connectivity index (χ1n) is 14.0. The largest absolute Gasteiger partial charge is 0.460 e. The van der Waals surface area contributed by atoms with Gasteiger partial charge < -0.3 is 20.7 Å². The van der Waals surface area contributed by atoms with Gasteiger partial charge in [0.05, 0.1) is 16.3 Å². The van der Waals surface area contributed by atoms with Gasteiger partial charge in [0.15, 0.2) is 5.82 Å². The van der Waals surface area contributed by atoms with Crippen LogP contribution in [0.4, 0.5) is 29.2 Å². The van der Waals surface area contributed by atoms with E-state index < -0.39 is 24.3 Å². The molecule has 1 atom stereocenters. The van der Waals surface area contributed by atoms with Gasteiger partial charge in [-0.25, -0.2) is 14.4 Å². The van der Waals surface area contributed by atoms with Crippen molar-refractivity contribution in [3.63, 3.8) is 0 Å². The first-order valence-corrected chi connectivity index (χ1v) is 14.8. The minimum absolute atomic E-state index is 0.0277. The van der Waals surface area contributed by atoms with E-state index in [0.29, 0.717) is 27.7 Å². The van der Waals surface area contributed by atoms with Crippen molar-refractivity contribution in [3.05, 3.63) is 70.8 Å². The Kier molecular flexibility index (Phi) is 12.0. The summed E-state index contributed by atoms with van der Waals surface area (Å²) in [6.45, 7) is 14.8. The minimum atomic E-state index is -4.72. The number of hydrogen-bond donors (Lipinski definition) is 3. The van der Waals surface area contributed by atoms with E-state index in [2.05, 4.69) is 27.5 Å². The van der Waals surface area contributed by atoms with Gasteiger partial charge in [-0.2, -0.15) is 13.2 Å². The van der Waals surface area contributed by atoms with E-state index in [1.54, 1.807) is 37.4 Å². The topological polar surface area (TPSA) is 88.2 Å². The monoisotopic (exact) mass is 619 g/mol. The molecular formula is C31H37F4N5O2S. The molecule has 1 aromatic heterocycles. The summed E-state index contributed by atoms with van der Waals surface area (Å²) in [5.41, 5.74) is 0.275. The van der Waals surface area contributed by atoms with Crippen molar-refractivity contribution < 1.29 is 27.1 Å². The molecule has 1 unspecified atom stereocenters. The quantitative estimate of drug-likeness (QED) is 0.164. The Morgan fingerprint density at radius 3 is 2.51 bits per heavy atom. The van der Waals surface area contributed by atoms with Crippen molar-refractivity contribution in [1.82, 2.24) is 15.3 Å². The smallest absolute Gasteiger partial charge is 0.397 e. The van der Waals surface area contributed by atoms with Crippen LogP contribution < -0.4 is 20.7 Å². The summed E-state index contributed by atoms with van der Waals surface area (Å²) in [5.74, 6) is -1.20. The molecule has 1 saturated heterocycles. The molecule has 2 heterocycles. The average Bonchev–Trinajstić information content (AvgIpc) is 2.97. The summed E-state index contributed by atoms with van der Waals surface area (Å²) < 4.78 is 60.1. The van der Waals surface area contributed by atoms with Crippen molar-refractivity contribution in [2.24, 2.45) is 0 Å². The van der Waals surface area contributed by atoms with Crippen LogP contribution in [0.15, 0.2) is 53.8 Å². The number of rotatable bonds is 9. The summed E-state index contributed by atoms with van der Waals surface area (Å²) in [6, 6.07) is 8.40. The van der Waals surface area contributed by atoms with Gasteiger partial charge >= 0.3 is 6.18 Å². The van der Waals surface area contributed by atoms with Crippen LogP contribution >= 0.6 is 11.8 Å². The standard InChI is InChI=1S/C29H31F4N5O2S.C2H6/c1-16(2)41-27(22-11-13-35-28(37-22)36-19-8-7-12-34-15-19)18(4)40-26-17(3)24(30)25(20-9-5-6-10-21(20)26)38-23(39)14-29(31,32)33;1-2/h5-6,9-11,13,19,34H,1,7-8,12,14-15H2,2-4H3,(H,38,39)(H,35,36,37);1-2H3/b27-18+;. The molecule has 12 heteroatoms. The predicted molar refractivity (Wildman–Crippen MR) is 166 cm³/mol. The zero-order chi connectivity index (χ0) is 31.7. The number of nitrogens with zero attached hydrogens (tertiary/aromatic N) is 2. The van der Waals surface area contributed by atoms with E-state index >= 15 is 4.39 Å². The maximum Gasteiger partial charge on any atom is 0.397 e. The molecule has 2 aromatic carbocycles. The number of fused-ring (bicyclic) bond motifs is 1. The van der Waals surface area contributed by atoms with E-state index in [1.807, 2.05) is 20.8 Å². The fraction of sp³-hybridized carbons (Fsp3) is 0.387. The number of piperidine rings is 1. The molecule has 232 valence electrons. The highest BCUT2D eigenvalue weighted by Crippen LogP contribution is 2.41. The number of hydrogen-bond acceptors (Lipinski definition) is 7. The summed E-state index contributed by atoms with van der Waals surface area (Å²) in [4.78, 5) is 22.5. The molecule has 3 aromatic rings. The maximum absolute atomic E-state index is 15.6. The lowest BCUT2D eigenvalue weighted by atomic mass is 10.0. The van der Waals surface area contributed by atoms with Crippen LogP contribution in [0.5, 0.6) is 5.75 Å². The van der Waals surface area contributed by atoms with E-state index in [-0.39, 0.29) is 28.4 Å². The lowest BCUT2D eigenvalue weighted by molar-refractivity contribution is -0.150. The average molecular weight is 620 g/mol. The third kappa shape index (κ3) is 9.17. The highest BCUT2D eigenvalue weighted by molar-refractivity contribution is 8.11. The summed E-state index contributed by atoms with van der Waals surface area (Å²) in [6.07, 6.45) is -2.76. The Labute approximate surface area is 253 Å². The first-order chi connectivity index (χ1) is 20.4. The molecule has 7 nitrogen and oxygen atoms in total. The second-order valence-corrected chi connectivity index (χ2v) is 11.1. The van der Waals surface area contributed by atoms with Crippen LogP contribution in [0.2, 0.25) is 0 Å². The second-order valence-electron chi connectivity index (χ2n) is 9.77. The van der Waals surface area contributed by atoms with Gasteiger partial charge in [-0.3, -0.25) is 4.79 Å². The normalized spacial score (nSPS) is 15.6. The Hall–Kier alpha value is -3.64. The zero-order valence-corrected chi connectivity index (χ0v) is 25.7. The number of thioether (sulfide) groups is 1. The number of allylic oxidation sites excluding steroid dienone is 2. The fourth-order valence-corrected chi connectivity index (χ4v) is 5.27. The molecule has 0 spiro atoms. The second kappa shape index (κ2) is 15.2. The molecule has 3 N–H and O–H groups in total. The lowest BCUT2D eigenvalue weighted by Crippen LogP contribution is -2.38. The molecule has 0 radical (unpaired) electrons. The van der Waals surface area contributed by atoms with Gasteiger partial charge in [0, 0.05) is 35.1 Å². The predicted octanol–water partition coefficient (Wildman–Crippen LogP) is 8.19. The minimum Gasteiger partial charge on any atom is -0.460 e. The van der Waals surface area contributed by atoms with E-state index in [9.17, 15) is 18.0 Å². The molecule has 1 amide bonds. The van der Waals surface area contributed by atoms with Gasteiger partial charge in [-0.1, -0.05) is 56.5 Å². The number of halogens is 4. The highest BCUT2D eigenvalue weighted by Gasteiger charge is 2.32. The number of carbonyl (C=O) groups is 1. The maximum atomic E-state index is 15.6. The SMILES string of the molecule is C=C(C)S/C(=C(\C)Oc1c(C)c(F)c(NC(=O)CC(F)(F)F)c2ccccc12)c1ccnc(NC2CCCNC2)n1.CC. The number of aromatic nitrogens is 2. The number of nitrogens with one attached hydrogen (secondary N) is 3. The molecule has 1 aliphatic rings. The number of ether oxygens (including phenoxy) is 1. The number of alkyl halides is 3. The highest BCUT2D eigenvalue weighted by atomic mass is 32.2. The Bertz CT molecular complexity index is 1490. The van der Waals surface area contributed by atoms with Crippen molar-refractivity contribution in [2.45, 2.75) is 66.1 Å². The van der Waals surface area contributed by atoms with E-state index in [1.165, 1.54) is 24.8 Å². The van der Waals surface area contributed by atoms with Crippen molar-refractivity contribution in [1.29, 1.82) is 0 Å². The Morgan fingerprint density at radius 2 is 1.88 bits per heavy atom. The Balaban J connectivity index is 0.00000248. The number of amides is 1. The number of carbonyl (C=O) groups excluding carboxylic acids is 1. The van der Waals surface area contributed by atoms with Crippen molar-refractivity contribution in [2.75, 3.05) is 23.7 Å². The van der Waals surface area contributed by atoms with Crippen LogP contribution in [0.25, 0.3) is 15.7 Å². The van der Waals surface area contributed by atoms with Gasteiger partial charge in [0.2, 0.25) is 11.9 Å². The molecule has 0 aliphatic carbocycles. The molecule has 43 heavy (non-hydrogen) atoms. The van der Waals surface area contributed by atoms with E-state index in [0.717, 1.165) is 30.8 Å². The van der Waals surface area contributed by atoms with Gasteiger partial charge in [0.1, 0.15) is 17.9 Å². The first kappa shape index (κ1) is 33.9. The van der Waals surface area contributed by atoms with Crippen LogP contribution in [-0.2, 0) is 4.79 Å².